The molecule has 0 radical (unpaired) electrons. The fourth-order valence-electron chi connectivity index (χ4n) is 9.25. The number of benzene rings is 4. The summed E-state index contributed by atoms with van der Waals surface area (Å²) in [6.07, 6.45) is 6.09. The average molecular weight is 737 g/mol. The van der Waals surface area contributed by atoms with E-state index < -0.39 is 24.0 Å². The third-order valence-electron chi connectivity index (χ3n) is 11.9. The molecule has 0 aromatic heterocycles. The van der Waals surface area contributed by atoms with Crippen molar-refractivity contribution in [2.24, 2.45) is 11.8 Å². The van der Waals surface area contributed by atoms with Crippen LogP contribution in [-0.2, 0) is 24.0 Å². The second kappa shape index (κ2) is 15.7. The van der Waals surface area contributed by atoms with Gasteiger partial charge in [-0.05, 0) is 129 Å². The minimum absolute atomic E-state index is 0.0905. The average Bonchev–Trinajstić information content (AvgIpc) is 3.69. The largest absolute Gasteiger partial charge is 0.508 e. The Labute approximate surface area is 317 Å². The third-order valence-corrected chi connectivity index (χ3v) is 11.9. The first-order chi connectivity index (χ1) is 26.3. The molecule has 1 fully saturated rings. The molecule has 3 aliphatic heterocycles. The molecule has 0 saturated heterocycles. The van der Waals surface area contributed by atoms with Crippen LogP contribution in [0.15, 0.2) is 60.7 Å². The van der Waals surface area contributed by atoms with Crippen molar-refractivity contribution in [2.75, 3.05) is 26.9 Å². The molecule has 9 heteroatoms. The van der Waals surface area contributed by atoms with Crippen molar-refractivity contribution in [1.82, 2.24) is 0 Å². The topological polar surface area (TPSA) is 127 Å². The van der Waals surface area contributed by atoms with Crippen LogP contribution < -0.4 is 18.9 Å². The molecule has 0 spiro atoms. The second-order valence-electron chi connectivity index (χ2n) is 15.4. The molecule has 1 saturated carbocycles. The zero-order valence-electron chi connectivity index (χ0n) is 31.3. The van der Waals surface area contributed by atoms with Crippen LogP contribution in [0.4, 0.5) is 0 Å². The number of hydrogen-bond donors (Lipinski definition) is 4. The molecule has 5 atom stereocenters. The summed E-state index contributed by atoms with van der Waals surface area (Å²) in [5.74, 6) is 2.13. The van der Waals surface area contributed by atoms with Crippen LogP contribution >= 0.6 is 0 Å². The number of aromatic hydroxyl groups is 2. The molecule has 9 nitrogen and oxygen atoms in total. The summed E-state index contributed by atoms with van der Waals surface area (Å²) in [6, 6.07) is 18.7. The molecule has 5 unspecified atom stereocenters. The SMILES string of the molecule is CCc1cc(-c2cccc(O)c2)c(Cc2cc(OC3CCCC3)cc3c2OCC(C2C(CCCOC)Oc4ccc5c(c4C2O)CCCO5)C3O)cc1O. The fraction of sp³-hybridized carbons (Fsp3) is 0.467. The summed E-state index contributed by atoms with van der Waals surface area (Å²) in [7, 11) is 1.68. The zero-order chi connectivity index (χ0) is 37.3. The summed E-state index contributed by atoms with van der Waals surface area (Å²) in [5, 5.41) is 46.3. The van der Waals surface area contributed by atoms with E-state index in [9.17, 15) is 20.4 Å². The van der Waals surface area contributed by atoms with Crippen molar-refractivity contribution in [1.29, 1.82) is 0 Å². The number of aryl methyl sites for hydroxylation is 1. The van der Waals surface area contributed by atoms with Crippen LogP contribution in [0.25, 0.3) is 11.1 Å². The highest BCUT2D eigenvalue weighted by Gasteiger charge is 2.48. The summed E-state index contributed by atoms with van der Waals surface area (Å²) in [4.78, 5) is 0. The number of methoxy groups -OCH3 is 1. The van der Waals surface area contributed by atoms with Gasteiger partial charge in [0.05, 0.1) is 31.5 Å². The first kappa shape index (κ1) is 36.5. The predicted molar refractivity (Wildman–Crippen MR) is 205 cm³/mol. The summed E-state index contributed by atoms with van der Waals surface area (Å²) in [6.45, 7) is 3.38. The lowest BCUT2D eigenvalue weighted by molar-refractivity contribution is -0.0894. The predicted octanol–water partition coefficient (Wildman–Crippen LogP) is 8.14. The molecular weight excluding hydrogens is 684 g/mol. The molecule has 4 aromatic carbocycles. The second-order valence-corrected chi connectivity index (χ2v) is 15.4. The lowest BCUT2D eigenvalue weighted by Crippen LogP contribution is -2.46. The molecule has 54 heavy (non-hydrogen) atoms. The molecule has 3 heterocycles. The van der Waals surface area contributed by atoms with Crippen molar-refractivity contribution in [3.05, 3.63) is 94.0 Å². The van der Waals surface area contributed by atoms with E-state index in [2.05, 4.69) is 0 Å². The van der Waals surface area contributed by atoms with E-state index in [1.165, 1.54) is 0 Å². The first-order valence-electron chi connectivity index (χ1n) is 19.7. The number of rotatable bonds is 11. The number of fused-ring (bicyclic) bond motifs is 4. The number of phenolic OH excluding ortho intramolecular Hbond substituents is 2. The number of aliphatic hydroxyl groups excluding tert-OH is 2. The van der Waals surface area contributed by atoms with E-state index in [1.807, 2.05) is 49.4 Å². The Hall–Kier alpha value is -4.44. The van der Waals surface area contributed by atoms with Crippen molar-refractivity contribution >= 4 is 0 Å². The normalized spacial score (nSPS) is 23.4. The Morgan fingerprint density at radius 3 is 2.48 bits per heavy atom. The Morgan fingerprint density at radius 2 is 1.69 bits per heavy atom. The van der Waals surface area contributed by atoms with Gasteiger partial charge < -0.3 is 44.1 Å². The van der Waals surface area contributed by atoms with Crippen molar-refractivity contribution in [3.63, 3.8) is 0 Å². The summed E-state index contributed by atoms with van der Waals surface area (Å²) >= 11 is 0. The monoisotopic (exact) mass is 736 g/mol. The van der Waals surface area contributed by atoms with E-state index in [4.69, 9.17) is 23.7 Å². The maximum atomic E-state index is 12.5. The van der Waals surface area contributed by atoms with E-state index in [0.717, 1.165) is 89.6 Å². The minimum atomic E-state index is -0.980. The van der Waals surface area contributed by atoms with Gasteiger partial charge in [-0.1, -0.05) is 19.1 Å². The van der Waals surface area contributed by atoms with Gasteiger partial charge in [-0.15, -0.1) is 0 Å². The quantitative estimate of drug-likeness (QED) is 0.113. The van der Waals surface area contributed by atoms with Gasteiger partial charge in [-0.2, -0.15) is 0 Å². The highest BCUT2D eigenvalue weighted by molar-refractivity contribution is 5.72. The lowest BCUT2D eigenvalue weighted by Gasteiger charge is -2.45. The highest BCUT2D eigenvalue weighted by Crippen LogP contribution is 2.53. The zero-order valence-corrected chi connectivity index (χ0v) is 31.3. The van der Waals surface area contributed by atoms with Crippen LogP contribution in [0.3, 0.4) is 0 Å². The van der Waals surface area contributed by atoms with E-state index in [0.29, 0.717) is 55.3 Å². The highest BCUT2D eigenvalue weighted by atomic mass is 16.5. The fourth-order valence-corrected chi connectivity index (χ4v) is 9.25. The van der Waals surface area contributed by atoms with Gasteiger partial charge in [0, 0.05) is 54.2 Å². The third kappa shape index (κ3) is 7.09. The van der Waals surface area contributed by atoms with Crippen molar-refractivity contribution < 1.29 is 44.1 Å². The Balaban J connectivity index is 1.19. The van der Waals surface area contributed by atoms with Gasteiger partial charge in [0.1, 0.15) is 40.6 Å². The van der Waals surface area contributed by atoms with E-state index in [-0.39, 0.29) is 30.3 Å². The maximum absolute atomic E-state index is 12.5. The smallest absolute Gasteiger partial charge is 0.128 e. The lowest BCUT2D eigenvalue weighted by atomic mass is 9.71. The molecular formula is C45H52O9. The summed E-state index contributed by atoms with van der Waals surface area (Å²) < 4.78 is 31.4. The van der Waals surface area contributed by atoms with E-state index >= 15 is 0 Å². The van der Waals surface area contributed by atoms with Gasteiger partial charge in [0.15, 0.2) is 0 Å². The van der Waals surface area contributed by atoms with Crippen LogP contribution in [0.5, 0.6) is 34.5 Å². The van der Waals surface area contributed by atoms with Crippen molar-refractivity contribution in [3.8, 4) is 45.6 Å². The molecule has 4 N–H and O–H groups in total. The van der Waals surface area contributed by atoms with Gasteiger partial charge >= 0.3 is 0 Å². The standard InChI is InChI=1S/C45H52O9/c1-3-26-22-34(27-9-6-10-30(46)20-27)28(23-37(26)47)19-29-21-32(53-31-11-4-5-12-31)24-35-43(48)36(25-52-45(29)35)42-39(14-8-17-50-2)54-40-16-15-38-33(13-7-18-51-38)41(40)44(42)49/h6,9-10,15-16,20-24,31,36,39,42-44,46-49H,3-5,7-8,11-14,17-19,25H2,1-2H3. The first-order valence-corrected chi connectivity index (χ1v) is 19.7. The van der Waals surface area contributed by atoms with Gasteiger partial charge in [0.25, 0.3) is 0 Å². The van der Waals surface area contributed by atoms with E-state index in [1.54, 1.807) is 25.3 Å². The molecule has 286 valence electrons. The number of hydrogen-bond acceptors (Lipinski definition) is 9. The number of aliphatic hydroxyl groups is 2. The minimum Gasteiger partial charge on any atom is -0.508 e. The molecule has 0 bridgehead atoms. The van der Waals surface area contributed by atoms with Gasteiger partial charge in [0.2, 0.25) is 0 Å². The maximum Gasteiger partial charge on any atom is 0.128 e. The van der Waals surface area contributed by atoms with Crippen LogP contribution in [0, 0.1) is 11.8 Å². The van der Waals surface area contributed by atoms with Crippen LogP contribution in [0.1, 0.15) is 97.5 Å². The molecule has 4 aliphatic rings. The number of phenols is 2. The molecule has 4 aromatic rings. The Kier molecular flexibility index (Phi) is 10.6. The molecule has 1 aliphatic carbocycles. The molecule has 8 rings (SSSR count). The summed E-state index contributed by atoms with van der Waals surface area (Å²) in [5.41, 5.74) is 6.60. The number of ether oxygens (including phenoxy) is 5. The van der Waals surface area contributed by atoms with Gasteiger partial charge in [-0.25, -0.2) is 0 Å². The van der Waals surface area contributed by atoms with Gasteiger partial charge in [-0.3, -0.25) is 0 Å². The Morgan fingerprint density at radius 1 is 0.852 bits per heavy atom. The Bertz CT molecular complexity index is 1970. The van der Waals surface area contributed by atoms with Crippen molar-refractivity contribution in [2.45, 2.75) is 95.5 Å². The van der Waals surface area contributed by atoms with Crippen LogP contribution in [-0.4, -0.2) is 59.6 Å². The van der Waals surface area contributed by atoms with Crippen LogP contribution in [0.2, 0.25) is 0 Å². The molecule has 0 amide bonds.